The zero-order valence-electron chi connectivity index (χ0n) is 16.6. The number of nitrogens with two attached hydrogens (primary N) is 1. The van der Waals surface area contributed by atoms with E-state index in [1.807, 2.05) is 30.3 Å². The van der Waals surface area contributed by atoms with Gasteiger partial charge in [-0.15, -0.1) is 12.4 Å². The molecule has 1 aromatic carbocycles. The summed E-state index contributed by atoms with van der Waals surface area (Å²) in [6, 6.07) is 8.49. The highest BCUT2D eigenvalue weighted by Crippen LogP contribution is 2.27. The first kappa shape index (κ1) is 23.8. The van der Waals surface area contributed by atoms with Gasteiger partial charge in [0, 0.05) is 12.1 Å². The van der Waals surface area contributed by atoms with E-state index >= 15 is 0 Å². The highest BCUT2D eigenvalue weighted by molar-refractivity contribution is 5.93. The van der Waals surface area contributed by atoms with Crippen LogP contribution < -0.4 is 11.1 Å². The zero-order chi connectivity index (χ0) is 21.0. The Hall–Kier alpha value is -2.52. The van der Waals surface area contributed by atoms with Gasteiger partial charge in [-0.2, -0.15) is 0 Å². The van der Waals surface area contributed by atoms with E-state index in [9.17, 15) is 18.4 Å². The lowest BCUT2D eigenvalue weighted by molar-refractivity contribution is -0.167. The third-order valence-corrected chi connectivity index (χ3v) is 4.73. The molecule has 0 unspecified atom stereocenters. The van der Waals surface area contributed by atoms with Crippen molar-refractivity contribution in [2.45, 2.75) is 38.2 Å². The molecule has 164 valence electrons. The molecule has 0 spiro atoms. The first-order valence-electron chi connectivity index (χ1n) is 9.50. The van der Waals surface area contributed by atoms with Crippen LogP contribution in [0.4, 0.5) is 8.78 Å². The van der Waals surface area contributed by atoms with E-state index in [4.69, 9.17) is 10.2 Å². The molecule has 2 heterocycles. The Labute approximate surface area is 179 Å². The van der Waals surface area contributed by atoms with Crippen molar-refractivity contribution in [1.29, 1.82) is 0 Å². The molecule has 0 saturated carbocycles. The zero-order valence-corrected chi connectivity index (χ0v) is 17.4. The third-order valence-electron chi connectivity index (χ3n) is 4.73. The normalized spacial score (nSPS) is 15.7. The Balaban J connectivity index is 0.00000320. The van der Waals surface area contributed by atoms with Gasteiger partial charge in [-0.25, -0.2) is 13.8 Å². The quantitative estimate of drug-likeness (QED) is 0.612. The fraction of sp³-hybridized carbons (Fsp3) is 0.450. The molecule has 10 heteroatoms. The van der Waals surface area contributed by atoms with Gasteiger partial charge < -0.3 is 20.4 Å². The second-order valence-electron chi connectivity index (χ2n) is 7.20. The lowest BCUT2D eigenvalue weighted by Gasteiger charge is -2.39. The van der Waals surface area contributed by atoms with Crippen molar-refractivity contribution >= 4 is 24.2 Å². The van der Waals surface area contributed by atoms with Gasteiger partial charge in [-0.1, -0.05) is 18.2 Å². The molecule has 7 nitrogen and oxygen atoms in total. The van der Waals surface area contributed by atoms with Crippen LogP contribution in [-0.2, 0) is 4.79 Å². The predicted octanol–water partition coefficient (Wildman–Crippen LogP) is 2.78. The lowest BCUT2D eigenvalue weighted by Crippen LogP contribution is -2.61. The first-order valence-corrected chi connectivity index (χ1v) is 9.50. The average molecular weight is 443 g/mol. The van der Waals surface area contributed by atoms with Crippen molar-refractivity contribution in [2.75, 3.05) is 19.6 Å². The highest BCUT2D eigenvalue weighted by Gasteiger charge is 2.47. The van der Waals surface area contributed by atoms with E-state index in [1.54, 1.807) is 6.92 Å². The second kappa shape index (κ2) is 9.99. The Kier molecular flexibility index (Phi) is 7.91. The molecular weight excluding hydrogens is 418 g/mol. The maximum absolute atomic E-state index is 12.8. The largest absolute Gasteiger partial charge is 0.441 e. The van der Waals surface area contributed by atoms with E-state index in [0.29, 0.717) is 37.5 Å². The summed E-state index contributed by atoms with van der Waals surface area (Å²) in [5.74, 6) is -2.77. The number of carbonyl (C=O) groups is 2. The number of nitrogens with zero attached hydrogens (tertiary/aromatic N) is 2. The van der Waals surface area contributed by atoms with Gasteiger partial charge in [0.2, 0.25) is 11.8 Å². The van der Waals surface area contributed by atoms with Crippen LogP contribution in [0.5, 0.6) is 0 Å². The molecule has 30 heavy (non-hydrogen) atoms. The van der Waals surface area contributed by atoms with Crippen LogP contribution in [0, 0.1) is 6.92 Å². The van der Waals surface area contributed by atoms with E-state index in [1.165, 1.54) is 0 Å². The fourth-order valence-electron chi connectivity index (χ4n) is 3.11. The molecule has 1 aliphatic rings. The Bertz CT molecular complexity index is 868. The molecule has 1 fully saturated rings. The molecule has 1 aliphatic heterocycles. The monoisotopic (exact) mass is 442 g/mol. The SMILES string of the molecule is Cc1oc(-c2ccccc2)nc1C(=O)NCCCC[C@H](N)C(=O)N1CC(F)(F)C1.Cl. The number of hydrogen-bond donors (Lipinski definition) is 2. The average Bonchev–Trinajstić information content (AvgIpc) is 3.07. The number of carbonyl (C=O) groups excluding carboxylic acids is 2. The van der Waals surface area contributed by atoms with E-state index in [0.717, 1.165) is 10.5 Å². The van der Waals surface area contributed by atoms with Crippen molar-refractivity contribution < 1.29 is 22.8 Å². The van der Waals surface area contributed by atoms with Gasteiger partial charge in [-0.05, 0) is 38.3 Å². The minimum atomic E-state index is -2.79. The molecule has 3 N–H and O–H groups in total. The molecule has 0 aliphatic carbocycles. The van der Waals surface area contributed by atoms with Crippen molar-refractivity contribution in [3.05, 3.63) is 41.8 Å². The van der Waals surface area contributed by atoms with Crippen molar-refractivity contribution in [2.24, 2.45) is 5.73 Å². The number of nitrogens with one attached hydrogen (secondary N) is 1. The first-order chi connectivity index (χ1) is 13.8. The lowest BCUT2D eigenvalue weighted by atomic mass is 10.1. The Morgan fingerprint density at radius 1 is 1.27 bits per heavy atom. The van der Waals surface area contributed by atoms with Crippen molar-refractivity contribution in [3.63, 3.8) is 0 Å². The number of oxazole rings is 1. The molecule has 2 amide bonds. The molecule has 3 rings (SSSR count). The van der Waals surface area contributed by atoms with Crippen LogP contribution in [0.2, 0.25) is 0 Å². The second-order valence-corrected chi connectivity index (χ2v) is 7.20. The topological polar surface area (TPSA) is 101 Å². The number of likely N-dealkylation sites (tertiary alicyclic amines) is 1. The third kappa shape index (κ3) is 5.76. The number of amides is 2. The van der Waals surface area contributed by atoms with Gasteiger partial charge in [0.15, 0.2) is 5.69 Å². The molecule has 1 aromatic heterocycles. The molecule has 2 aromatic rings. The van der Waals surface area contributed by atoms with Crippen LogP contribution in [0.1, 0.15) is 35.5 Å². The number of alkyl halides is 2. The summed E-state index contributed by atoms with van der Waals surface area (Å²) in [5, 5.41) is 2.77. The van der Waals surface area contributed by atoms with Gasteiger partial charge in [-0.3, -0.25) is 9.59 Å². The summed E-state index contributed by atoms with van der Waals surface area (Å²) < 4.78 is 31.2. The maximum Gasteiger partial charge on any atom is 0.282 e. The summed E-state index contributed by atoms with van der Waals surface area (Å²) >= 11 is 0. The van der Waals surface area contributed by atoms with E-state index < -0.39 is 31.0 Å². The number of benzene rings is 1. The number of aromatic nitrogens is 1. The smallest absolute Gasteiger partial charge is 0.282 e. The number of unbranched alkanes of at least 4 members (excludes halogenated alkanes) is 1. The van der Waals surface area contributed by atoms with Gasteiger partial charge in [0.25, 0.3) is 11.8 Å². The summed E-state index contributed by atoms with van der Waals surface area (Å²) in [5.41, 5.74) is 6.80. The Morgan fingerprint density at radius 2 is 1.93 bits per heavy atom. The number of rotatable bonds is 8. The van der Waals surface area contributed by atoms with E-state index in [-0.39, 0.29) is 24.0 Å². The Morgan fingerprint density at radius 3 is 2.57 bits per heavy atom. The standard InChI is InChI=1S/C20H24F2N4O3.ClH/c1-13-16(25-18(29-13)14-7-3-2-4-8-14)17(27)24-10-6-5-9-15(23)19(28)26-11-20(21,22)12-26;/h2-4,7-8,15H,5-6,9-12,23H2,1H3,(H,24,27);1H/t15-;/m0./s1. The maximum atomic E-state index is 12.8. The van der Waals surface area contributed by atoms with Gasteiger partial charge >= 0.3 is 0 Å². The minimum Gasteiger partial charge on any atom is -0.441 e. The van der Waals surface area contributed by atoms with Crippen molar-refractivity contribution in [1.82, 2.24) is 15.2 Å². The van der Waals surface area contributed by atoms with Crippen LogP contribution in [0.3, 0.4) is 0 Å². The molecule has 1 saturated heterocycles. The fourth-order valence-corrected chi connectivity index (χ4v) is 3.11. The summed E-state index contributed by atoms with van der Waals surface area (Å²) in [6.45, 7) is 0.946. The van der Waals surface area contributed by atoms with Gasteiger partial charge in [0.05, 0.1) is 19.1 Å². The van der Waals surface area contributed by atoms with Crippen LogP contribution >= 0.6 is 12.4 Å². The summed E-state index contributed by atoms with van der Waals surface area (Å²) in [6.07, 6.45) is 1.56. The van der Waals surface area contributed by atoms with Crippen LogP contribution in [-0.4, -0.2) is 53.3 Å². The number of aryl methyl sites for hydroxylation is 1. The van der Waals surface area contributed by atoms with Crippen LogP contribution in [0.15, 0.2) is 34.7 Å². The summed E-state index contributed by atoms with van der Waals surface area (Å²) in [4.78, 5) is 29.6. The number of halogens is 3. The molecule has 0 bridgehead atoms. The highest BCUT2D eigenvalue weighted by atomic mass is 35.5. The molecular formula is C20H25ClF2N4O3. The van der Waals surface area contributed by atoms with E-state index in [2.05, 4.69) is 10.3 Å². The molecule has 1 atom stereocenters. The minimum absolute atomic E-state index is 0. The number of hydrogen-bond acceptors (Lipinski definition) is 5. The molecule has 0 radical (unpaired) electrons. The van der Waals surface area contributed by atoms with Gasteiger partial charge in [0.1, 0.15) is 5.76 Å². The van der Waals surface area contributed by atoms with Crippen molar-refractivity contribution in [3.8, 4) is 11.5 Å². The predicted molar refractivity (Wildman–Crippen MR) is 110 cm³/mol. The van der Waals surface area contributed by atoms with Crippen LogP contribution in [0.25, 0.3) is 11.5 Å². The summed E-state index contributed by atoms with van der Waals surface area (Å²) in [7, 11) is 0.